The van der Waals surface area contributed by atoms with E-state index in [2.05, 4.69) is 0 Å². The summed E-state index contributed by atoms with van der Waals surface area (Å²) in [6.45, 7) is 1.81. The molecule has 0 unspecified atom stereocenters. The van der Waals surface area contributed by atoms with E-state index in [1.165, 1.54) is 0 Å². The van der Waals surface area contributed by atoms with Gasteiger partial charge in [-0.05, 0) is 48.7 Å². The number of carbonyl (C=O) groups is 2. The maximum Gasteiger partial charge on any atom is 0.317 e. The molecule has 1 fully saturated rings. The van der Waals surface area contributed by atoms with Gasteiger partial charge < -0.3 is 23.7 Å². The van der Waals surface area contributed by atoms with E-state index in [1.807, 2.05) is 18.2 Å². The van der Waals surface area contributed by atoms with Crippen molar-refractivity contribution in [2.75, 3.05) is 33.0 Å². The van der Waals surface area contributed by atoms with Gasteiger partial charge in [-0.25, -0.2) is 0 Å². The fourth-order valence-corrected chi connectivity index (χ4v) is 4.62. The van der Waals surface area contributed by atoms with Crippen LogP contribution in [-0.2, 0) is 14.9 Å². The summed E-state index contributed by atoms with van der Waals surface area (Å²) in [5, 5.41) is 0. The molecule has 2 aromatic carbocycles. The lowest BCUT2D eigenvalue weighted by Gasteiger charge is -2.28. The van der Waals surface area contributed by atoms with Gasteiger partial charge in [0.2, 0.25) is 0 Å². The minimum absolute atomic E-state index is 0.274. The average molecular weight is 438 g/mol. The SMILES string of the molecule is O=C(COC(=O)C1(c2ccc3c(c2)OCCO3)CCCC1)c1ccc2c(c1)OCCCO2. The molecular weight excluding hydrogens is 412 g/mol. The summed E-state index contributed by atoms with van der Waals surface area (Å²) in [4.78, 5) is 26.0. The number of benzene rings is 2. The van der Waals surface area contributed by atoms with Crippen LogP contribution < -0.4 is 18.9 Å². The summed E-state index contributed by atoms with van der Waals surface area (Å²) in [6.07, 6.45) is 4.02. The Morgan fingerprint density at radius 1 is 0.750 bits per heavy atom. The van der Waals surface area contributed by atoms with E-state index in [9.17, 15) is 9.59 Å². The van der Waals surface area contributed by atoms with E-state index in [4.69, 9.17) is 23.7 Å². The van der Waals surface area contributed by atoms with Crippen LogP contribution in [0.4, 0.5) is 0 Å². The molecule has 2 heterocycles. The van der Waals surface area contributed by atoms with Gasteiger partial charge in [-0.2, -0.15) is 0 Å². The lowest BCUT2D eigenvalue weighted by atomic mass is 9.78. The number of ketones is 1. The van der Waals surface area contributed by atoms with E-state index in [0.29, 0.717) is 67.8 Å². The van der Waals surface area contributed by atoms with E-state index in [-0.39, 0.29) is 18.4 Å². The van der Waals surface area contributed by atoms with Crippen molar-refractivity contribution in [3.63, 3.8) is 0 Å². The smallest absolute Gasteiger partial charge is 0.317 e. The first-order chi connectivity index (χ1) is 15.7. The predicted octanol–water partition coefficient (Wildman–Crippen LogP) is 3.86. The number of rotatable bonds is 5. The molecule has 168 valence electrons. The quantitative estimate of drug-likeness (QED) is 0.518. The van der Waals surface area contributed by atoms with Crippen LogP contribution >= 0.6 is 0 Å². The summed E-state index contributed by atoms with van der Waals surface area (Å²) in [5.74, 6) is 1.86. The van der Waals surface area contributed by atoms with E-state index >= 15 is 0 Å². The van der Waals surface area contributed by atoms with Crippen molar-refractivity contribution in [3.8, 4) is 23.0 Å². The van der Waals surface area contributed by atoms with Crippen LogP contribution in [0.5, 0.6) is 23.0 Å². The highest BCUT2D eigenvalue weighted by atomic mass is 16.6. The second-order valence-corrected chi connectivity index (χ2v) is 8.36. The van der Waals surface area contributed by atoms with Gasteiger partial charge in [0.25, 0.3) is 0 Å². The number of hydrogen-bond acceptors (Lipinski definition) is 7. The zero-order valence-electron chi connectivity index (χ0n) is 17.9. The first kappa shape index (κ1) is 20.7. The summed E-state index contributed by atoms with van der Waals surface area (Å²) < 4.78 is 28.2. The van der Waals surface area contributed by atoms with Crippen LogP contribution in [0.25, 0.3) is 0 Å². The first-order valence-corrected chi connectivity index (χ1v) is 11.2. The maximum atomic E-state index is 13.3. The molecule has 0 radical (unpaired) electrons. The monoisotopic (exact) mass is 438 g/mol. The minimum atomic E-state index is -0.763. The fourth-order valence-electron chi connectivity index (χ4n) is 4.62. The molecule has 0 atom stereocenters. The number of ether oxygens (including phenoxy) is 5. The lowest BCUT2D eigenvalue weighted by Crippen LogP contribution is -2.36. The molecule has 0 saturated heterocycles. The topological polar surface area (TPSA) is 80.3 Å². The van der Waals surface area contributed by atoms with Gasteiger partial charge >= 0.3 is 5.97 Å². The van der Waals surface area contributed by atoms with Crippen LogP contribution in [0.2, 0.25) is 0 Å². The Morgan fingerprint density at radius 2 is 1.38 bits per heavy atom. The standard InChI is InChI=1S/C25H26O7/c26-19(17-4-6-20-22(14-17)29-11-3-10-28-20)16-32-24(27)25(8-1-2-9-25)18-5-7-21-23(15-18)31-13-12-30-21/h4-7,14-15H,1-3,8-13,16H2. The molecule has 7 heteroatoms. The van der Waals surface area contributed by atoms with Gasteiger partial charge in [0, 0.05) is 12.0 Å². The Hall–Kier alpha value is -3.22. The van der Waals surface area contributed by atoms with E-state index in [0.717, 1.165) is 24.8 Å². The fraction of sp³-hybridized carbons (Fsp3) is 0.440. The number of Topliss-reactive ketones (excluding diaryl/α,β-unsaturated/α-hetero) is 1. The third-order valence-corrected chi connectivity index (χ3v) is 6.35. The molecule has 0 aromatic heterocycles. The summed E-state index contributed by atoms with van der Waals surface area (Å²) >= 11 is 0. The van der Waals surface area contributed by atoms with Crippen molar-refractivity contribution >= 4 is 11.8 Å². The molecule has 0 bridgehead atoms. The first-order valence-electron chi connectivity index (χ1n) is 11.2. The number of carbonyl (C=O) groups excluding carboxylic acids is 2. The molecule has 5 rings (SSSR count). The van der Waals surface area contributed by atoms with Gasteiger partial charge in [-0.3, -0.25) is 9.59 Å². The normalized spacial score (nSPS) is 18.5. The number of fused-ring (bicyclic) bond motifs is 2. The molecule has 0 spiro atoms. The van der Waals surface area contributed by atoms with Crippen molar-refractivity contribution in [2.24, 2.45) is 0 Å². The molecule has 7 nitrogen and oxygen atoms in total. The Bertz CT molecular complexity index is 1020. The molecule has 2 aliphatic heterocycles. The van der Waals surface area contributed by atoms with Crippen molar-refractivity contribution < 1.29 is 33.3 Å². The summed E-state index contributed by atoms with van der Waals surface area (Å²) in [5.41, 5.74) is 0.523. The molecule has 2 aromatic rings. The van der Waals surface area contributed by atoms with Crippen molar-refractivity contribution in [1.82, 2.24) is 0 Å². The Kier molecular flexibility index (Phi) is 5.64. The van der Waals surface area contributed by atoms with Crippen LogP contribution in [0.1, 0.15) is 48.0 Å². The van der Waals surface area contributed by atoms with Crippen LogP contribution in [-0.4, -0.2) is 44.8 Å². The predicted molar refractivity (Wildman–Crippen MR) is 115 cm³/mol. The molecule has 3 aliphatic rings. The van der Waals surface area contributed by atoms with Crippen LogP contribution in [0.3, 0.4) is 0 Å². The largest absolute Gasteiger partial charge is 0.490 e. The second-order valence-electron chi connectivity index (χ2n) is 8.36. The Labute approximate surface area is 186 Å². The zero-order valence-corrected chi connectivity index (χ0v) is 17.9. The van der Waals surface area contributed by atoms with E-state index < -0.39 is 5.41 Å². The van der Waals surface area contributed by atoms with Crippen molar-refractivity contribution in [1.29, 1.82) is 0 Å². The molecule has 32 heavy (non-hydrogen) atoms. The molecule has 1 aliphatic carbocycles. The van der Waals surface area contributed by atoms with Gasteiger partial charge in [0.1, 0.15) is 13.2 Å². The highest BCUT2D eigenvalue weighted by Gasteiger charge is 2.45. The van der Waals surface area contributed by atoms with Crippen molar-refractivity contribution in [3.05, 3.63) is 47.5 Å². The number of hydrogen-bond donors (Lipinski definition) is 0. The van der Waals surface area contributed by atoms with Crippen LogP contribution in [0, 0.1) is 0 Å². The number of esters is 1. The maximum absolute atomic E-state index is 13.3. The minimum Gasteiger partial charge on any atom is -0.490 e. The Balaban J connectivity index is 1.31. The lowest BCUT2D eigenvalue weighted by molar-refractivity contribution is -0.149. The average Bonchev–Trinajstić information content (AvgIpc) is 3.22. The van der Waals surface area contributed by atoms with Crippen molar-refractivity contribution in [2.45, 2.75) is 37.5 Å². The third kappa shape index (κ3) is 3.87. The summed E-state index contributed by atoms with van der Waals surface area (Å²) in [6, 6.07) is 10.7. The highest BCUT2D eigenvalue weighted by molar-refractivity contribution is 5.99. The molecular formula is C25H26O7. The zero-order chi connectivity index (χ0) is 22.0. The van der Waals surface area contributed by atoms with Gasteiger partial charge in [-0.15, -0.1) is 0 Å². The summed E-state index contributed by atoms with van der Waals surface area (Å²) in [7, 11) is 0. The van der Waals surface area contributed by atoms with Gasteiger partial charge in [-0.1, -0.05) is 18.9 Å². The van der Waals surface area contributed by atoms with Crippen LogP contribution in [0.15, 0.2) is 36.4 Å². The van der Waals surface area contributed by atoms with E-state index in [1.54, 1.807) is 18.2 Å². The highest BCUT2D eigenvalue weighted by Crippen LogP contribution is 2.45. The third-order valence-electron chi connectivity index (χ3n) is 6.35. The van der Waals surface area contributed by atoms with Gasteiger partial charge in [0.05, 0.1) is 18.6 Å². The Morgan fingerprint density at radius 3 is 2.16 bits per heavy atom. The molecule has 0 amide bonds. The second kappa shape index (κ2) is 8.73. The van der Waals surface area contributed by atoms with Gasteiger partial charge in [0.15, 0.2) is 35.4 Å². The molecule has 1 saturated carbocycles. The molecule has 0 N–H and O–H groups in total.